The zero-order chi connectivity index (χ0) is 9.10. The van der Waals surface area contributed by atoms with Crippen LogP contribution in [0.3, 0.4) is 0 Å². The van der Waals surface area contributed by atoms with Gasteiger partial charge >= 0.3 is 0 Å². The van der Waals surface area contributed by atoms with Gasteiger partial charge in [-0.2, -0.15) is 0 Å². The molecule has 0 bridgehead atoms. The number of aromatic nitrogens is 2. The van der Waals surface area contributed by atoms with Crippen molar-refractivity contribution in [3.8, 4) is 0 Å². The third-order valence-electron chi connectivity index (χ3n) is 1.96. The van der Waals surface area contributed by atoms with Crippen LogP contribution >= 0.6 is 0 Å². The lowest BCUT2D eigenvalue weighted by atomic mass is 10.1. The Morgan fingerprint density at radius 1 is 1.23 bits per heavy atom. The Labute approximate surface area is 76.4 Å². The normalized spacial score (nSPS) is 10.2. The third kappa shape index (κ3) is 1.75. The van der Waals surface area contributed by atoms with Gasteiger partial charge in [0, 0.05) is 11.7 Å². The van der Waals surface area contributed by atoms with E-state index in [0.29, 0.717) is 0 Å². The maximum atomic E-state index is 4.88. The van der Waals surface area contributed by atoms with Gasteiger partial charge in [0.15, 0.2) is 5.76 Å². The lowest BCUT2D eigenvalue weighted by molar-refractivity contribution is 0.373. The smallest absolute Gasteiger partial charge is 0.157 e. The number of hydrogen-bond donors (Lipinski definition) is 0. The van der Waals surface area contributed by atoms with E-state index < -0.39 is 0 Å². The first-order valence-electron chi connectivity index (χ1n) is 4.18. The number of rotatable bonds is 2. The Morgan fingerprint density at radius 3 is 2.62 bits per heavy atom. The Kier molecular flexibility index (Phi) is 2.08. The molecule has 2 aromatic rings. The molecular formula is C10H10N2O. The van der Waals surface area contributed by atoms with Crippen molar-refractivity contribution in [1.29, 1.82) is 0 Å². The molecular weight excluding hydrogens is 164 g/mol. The van der Waals surface area contributed by atoms with Crippen molar-refractivity contribution in [3.05, 3.63) is 47.3 Å². The summed E-state index contributed by atoms with van der Waals surface area (Å²) in [5, 5.41) is 7.39. The average molecular weight is 174 g/mol. The van der Waals surface area contributed by atoms with Crippen LogP contribution in [0, 0.1) is 6.92 Å². The fraction of sp³-hybridized carbons (Fsp3) is 0.200. The molecule has 2 rings (SSSR count). The van der Waals surface area contributed by atoms with Crippen molar-refractivity contribution in [1.82, 2.24) is 10.4 Å². The zero-order valence-electron chi connectivity index (χ0n) is 7.40. The molecule has 66 valence electrons. The molecule has 1 heterocycles. The van der Waals surface area contributed by atoms with Gasteiger partial charge in [0.1, 0.15) is 5.69 Å². The minimum Gasteiger partial charge on any atom is -0.342 e. The first kappa shape index (κ1) is 7.98. The standard InChI is InChI=1S/C10H10N2O/c1-8-10(11-12-13-8)7-9-5-3-2-4-6-9/h2-6H,7H2,1H3. The van der Waals surface area contributed by atoms with Crippen molar-refractivity contribution < 1.29 is 4.52 Å². The summed E-state index contributed by atoms with van der Waals surface area (Å²) in [6, 6.07) is 10.1. The predicted molar refractivity (Wildman–Crippen MR) is 48.3 cm³/mol. The van der Waals surface area contributed by atoms with Gasteiger partial charge in [0.25, 0.3) is 0 Å². The molecule has 0 aliphatic carbocycles. The van der Waals surface area contributed by atoms with Crippen molar-refractivity contribution in [3.63, 3.8) is 0 Å². The fourth-order valence-corrected chi connectivity index (χ4v) is 1.20. The van der Waals surface area contributed by atoms with E-state index in [2.05, 4.69) is 22.5 Å². The van der Waals surface area contributed by atoms with Crippen LogP contribution in [0.25, 0.3) is 0 Å². The molecule has 0 saturated carbocycles. The highest BCUT2D eigenvalue weighted by Crippen LogP contribution is 2.09. The molecule has 0 fully saturated rings. The molecule has 0 aliphatic heterocycles. The number of aryl methyl sites for hydroxylation is 1. The molecule has 0 spiro atoms. The van der Waals surface area contributed by atoms with Crippen LogP contribution in [-0.4, -0.2) is 10.4 Å². The van der Waals surface area contributed by atoms with Gasteiger partial charge in [0.05, 0.1) is 0 Å². The second-order valence-corrected chi connectivity index (χ2v) is 2.94. The van der Waals surface area contributed by atoms with E-state index in [1.165, 1.54) is 5.56 Å². The maximum absolute atomic E-state index is 4.88. The minimum absolute atomic E-state index is 0.788. The van der Waals surface area contributed by atoms with Crippen molar-refractivity contribution in [2.75, 3.05) is 0 Å². The molecule has 0 aliphatic rings. The molecule has 0 atom stereocenters. The van der Waals surface area contributed by atoms with E-state index in [1.807, 2.05) is 25.1 Å². The van der Waals surface area contributed by atoms with Crippen LogP contribution in [-0.2, 0) is 6.42 Å². The largest absolute Gasteiger partial charge is 0.342 e. The topological polar surface area (TPSA) is 38.9 Å². The molecule has 1 aromatic heterocycles. The van der Waals surface area contributed by atoms with Crippen molar-refractivity contribution in [2.45, 2.75) is 13.3 Å². The highest BCUT2D eigenvalue weighted by atomic mass is 16.5. The average Bonchev–Trinajstić information content (AvgIpc) is 2.54. The number of nitrogens with zero attached hydrogens (tertiary/aromatic N) is 2. The molecule has 3 heteroatoms. The Bertz CT molecular complexity index is 381. The quantitative estimate of drug-likeness (QED) is 0.698. The van der Waals surface area contributed by atoms with Crippen LogP contribution in [0.5, 0.6) is 0 Å². The van der Waals surface area contributed by atoms with Crippen LogP contribution in [0.2, 0.25) is 0 Å². The molecule has 0 amide bonds. The first-order valence-corrected chi connectivity index (χ1v) is 4.18. The first-order chi connectivity index (χ1) is 6.36. The molecule has 0 radical (unpaired) electrons. The summed E-state index contributed by atoms with van der Waals surface area (Å²) in [5.41, 5.74) is 2.13. The van der Waals surface area contributed by atoms with E-state index in [4.69, 9.17) is 4.52 Å². The maximum Gasteiger partial charge on any atom is 0.157 e. The second-order valence-electron chi connectivity index (χ2n) is 2.94. The predicted octanol–water partition coefficient (Wildman–Crippen LogP) is 1.97. The molecule has 0 N–H and O–H groups in total. The van der Waals surface area contributed by atoms with E-state index in [9.17, 15) is 0 Å². The van der Waals surface area contributed by atoms with Crippen LogP contribution in [0.15, 0.2) is 34.9 Å². The fourth-order valence-electron chi connectivity index (χ4n) is 1.20. The summed E-state index contributed by atoms with van der Waals surface area (Å²) >= 11 is 0. The molecule has 3 nitrogen and oxygen atoms in total. The highest BCUT2D eigenvalue weighted by Gasteiger charge is 2.04. The lowest BCUT2D eigenvalue weighted by Gasteiger charge is -1.95. The van der Waals surface area contributed by atoms with E-state index in [1.54, 1.807) is 0 Å². The Balaban J connectivity index is 2.20. The van der Waals surface area contributed by atoms with Crippen LogP contribution in [0.4, 0.5) is 0 Å². The Morgan fingerprint density at radius 2 is 2.00 bits per heavy atom. The monoisotopic (exact) mass is 174 g/mol. The summed E-state index contributed by atoms with van der Waals surface area (Å²) in [7, 11) is 0. The summed E-state index contributed by atoms with van der Waals surface area (Å²) in [6.45, 7) is 1.87. The number of benzene rings is 1. The van der Waals surface area contributed by atoms with E-state index in [0.717, 1.165) is 17.9 Å². The van der Waals surface area contributed by atoms with Gasteiger partial charge in [0.2, 0.25) is 0 Å². The van der Waals surface area contributed by atoms with Gasteiger partial charge in [-0.25, -0.2) is 0 Å². The van der Waals surface area contributed by atoms with Crippen molar-refractivity contribution >= 4 is 0 Å². The van der Waals surface area contributed by atoms with Crippen LogP contribution < -0.4 is 0 Å². The SMILES string of the molecule is Cc1onnc1Cc1ccccc1. The van der Waals surface area contributed by atoms with Gasteiger partial charge < -0.3 is 4.52 Å². The van der Waals surface area contributed by atoms with Gasteiger partial charge in [-0.05, 0) is 12.5 Å². The molecule has 1 aromatic carbocycles. The summed E-state index contributed by atoms with van der Waals surface area (Å²) in [5.74, 6) is 0.795. The van der Waals surface area contributed by atoms with Gasteiger partial charge in [-0.1, -0.05) is 30.3 Å². The summed E-state index contributed by atoms with van der Waals surface area (Å²) in [4.78, 5) is 0. The van der Waals surface area contributed by atoms with E-state index >= 15 is 0 Å². The second kappa shape index (κ2) is 3.39. The lowest BCUT2D eigenvalue weighted by Crippen LogP contribution is -1.89. The van der Waals surface area contributed by atoms with Crippen LogP contribution in [0.1, 0.15) is 17.0 Å². The Hall–Kier alpha value is -1.64. The molecule has 0 unspecified atom stereocenters. The minimum atomic E-state index is 0.788. The third-order valence-corrected chi connectivity index (χ3v) is 1.96. The molecule has 0 saturated heterocycles. The highest BCUT2D eigenvalue weighted by molar-refractivity contribution is 5.21. The van der Waals surface area contributed by atoms with Gasteiger partial charge in [-0.15, -0.1) is 5.10 Å². The summed E-state index contributed by atoms with van der Waals surface area (Å²) in [6.07, 6.45) is 0.788. The summed E-state index contributed by atoms with van der Waals surface area (Å²) < 4.78 is 4.88. The van der Waals surface area contributed by atoms with Crippen molar-refractivity contribution in [2.24, 2.45) is 0 Å². The van der Waals surface area contributed by atoms with Gasteiger partial charge in [-0.3, -0.25) is 0 Å². The molecule has 13 heavy (non-hydrogen) atoms. The van der Waals surface area contributed by atoms with E-state index in [-0.39, 0.29) is 0 Å². The number of hydrogen-bond acceptors (Lipinski definition) is 3. The zero-order valence-corrected chi connectivity index (χ0v) is 7.40.